The van der Waals surface area contributed by atoms with E-state index in [1.165, 1.54) is 25.1 Å². The minimum absolute atomic E-state index is 0.00259. The number of sulfone groups is 1. The lowest BCUT2D eigenvalue weighted by atomic mass is 9.92. The van der Waals surface area contributed by atoms with E-state index in [-0.39, 0.29) is 29.1 Å². The number of anilines is 1. The number of carbonyl (C=O) groups is 2. The lowest BCUT2D eigenvalue weighted by Crippen LogP contribution is -2.53. The van der Waals surface area contributed by atoms with Crippen LogP contribution >= 0.6 is 0 Å². The number of amides is 2. The van der Waals surface area contributed by atoms with Crippen molar-refractivity contribution in [1.29, 1.82) is 0 Å². The number of aliphatic hydroxyl groups excluding tert-OH is 1. The summed E-state index contributed by atoms with van der Waals surface area (Å²) in [6.45, 7) is 1.27. The van der Waals surface area contributed by atoms with Crippen LogP contribution in [0.15, 0.2) is 47.4 Å². The van der Waals surface area contributed by atoms with Crippen LogP contribution in [-0.4, -0.2) is 60.1 Å². The molecule has 8 nitrogen and oxygen atoms in total. The van der Waals surface area contributed by atoms with E-state index in [0.717, 1.165) is 11.2 Å². The summed E-state index contributed by atoms with van der Waals surface area (Å²) in [5.41, 5.74) is -6.43. The third-order valence-corrected chi connectivity index (χ3v) is 7.19. The van der Waals surface area contributed by atoms with Gasteiger partial charge in [-0.3, -0.25) is 9.59 Å². The maximum absolute atomic E-state index is 13.2. The van der Waals surface area contributed by atoms with Gasteiger partial charge in [0.25, 0.3) is 17.4 Å². The maximum atomic E-state index is 13.2. The van der Waals surface area contributed by atoms with Crippen LogP contribution < -0.4 is 5.32 Å². The van der Waals surface area contributed by atoms with E-state index in [1.807, 2.05) is 0 Å². The zero-order valence-corrected chi connectivity index (χ0v) is 20.6. The fraction of sp³-hybridized carbons (Fsp3) is 0.391. The van der Waals surface area contributed by atoms with Gasteiger partial charge in [-0.05, 0) is 41.8 Å². The van der Waals surface area contributed by atoms with Crippen molar-refractivity contribution in [3.05, 3.63) is 59.2 Å². The average Bonchev–Trinajstić information content (AvgIpc) is 3.20. The molecule has 2 aromatic carbocycles. The average molecular weight is 568 g/mol. The molecule has 0 aromatic heterocycles. The number of halogens is 6. The third-order valence-electron chi connectivity index (χ3n) is 6.08. The van der Waals surface area contributed by atoms with Gasteiger partial charge < -0.3 is 20.4 Å². The van der Waals surface area contributed by atoms with E-state index < -0.39 is 57.3 Å². The van der Waals surface area contributed by atoms with E-state index in [9.17, 15) is 54.6 Å². The van der Waals surface area contributed by atoms with Gasteiger partial charge in [-0.2, -0.15) is 26.3 Å². The summed E-state index contributed by atoms with van der Waals surface area (Å²) in [7, 11) is -3.64. The molecule has 0 spiro atoms. The molecular formula is C23H22F6N2O6S. The number of hydrogen-bond acceptors (Lipinski definition) is 6. The van der Waals surface area contributed by atoms with E-state index in [1.54, 1.807) is 0 Å². The molecule has 3 N–H and O–H groups in total. The first-order chi connectivity index (χ1) is 17.3. The van der Waals surface area contributed by atoms with Gasteiger partial charge in [-0.1, -0.05) is 25.1 Å². The van der Waals surface area contributed by atoms with Gasteiger partial charge in [-0.25, -0.2) is 8.42 Å². The summed E-state index contributed by atoms with van der Waals surface area (Å²) in [6.07, 6.45) is -12.7. The Morgan fingerprint density at radius 1 is 1.05 bits per heavy atom. The van der Waals surface area contributed by atoms with Crippen molar-refractivity contribution in [2.24, 2.45) is 0 Å². The van der Waals surface area contributed by atoms with Crippen molar-refractivity contribution in [2.75, 3.05) is 11.6 Å². The van der Waals surface area contributed by atoms with Gasteiger partial charge in [-0.15, -0.1) is 0 Å². The van der Waals surface area contributed by atoms with Gasteiger partial charge in [0.1, 0.15) is 12.1 Å². The molecule has 0 radical (unpaired) electrons. The molecule has 1 unspecified atom stereocenters. The Morgan fingerprint density at radius 3 is 2.08 bits per heavy atom. The van der Waals surface area contributed by atoms with Gasteiger partial charge in [0.05, 0.1) is 4.90 Å². The molecule has 0 fully saturated rings. The predicted molar refractivity (Wildman–Crippen MR) is 120 cm³/mol. The number of rotatable bonds is 6. The molecule has 15 heteroatoms. The predicted octanol–water partition coefficient (Wildman–Crippen LogP) is 3.20. The van der Waals surface area contributed by atoms with Crippen molar-refractivity contribution in [3.63, 3.8) is 0 Å². The van der Waals surface area contributed by atoms with Gasteiger partial charge >= 0.3 is 12.4 Å². The second-order valence-corrected chi connectivity index (χ2v) is 10.7. The first-order valence-corrected chi connectivity index (χ1v) is 12.8. The summed E-state index contributed by atoms with van der Waals surface area (Å²) in [4.78, 5) is 26.8. The zero-order valence-electron chi connectivity index (χ0n) is 19.8. The zero-order chi connectivity index (χ0) is 28.8. The molecular weight excluding hydrogens is 546 g/mol. The highest BCUT2D eigenvalue weighted by molar-refractivity contribution is 7.90. The lowest BCUT2D eigenvalue weighted by Gasteiger charge is -2.32. The molecule has 2 atom stereocenters. The van der Waals surface area contributed by atoms with E-state index >= 15 is 0 Å². The molecule has 0 saturated carbocycles. The number of aliphatic hydroxyl groups is 2. The summed E-state index contributed by atoms with van der Waals surface area (Å²) < 4.78 is 103. The highest BCUT2D eigenvalue weighted by Gasteiger charge is 2.71. The molecule has 2 amide bonds. The first kappa shape index (κ1) is 29.4. The van der Waals surface area contributed by atoms with Crippen LogP contribution in [0.5, 0.6) is 0 Å². The molecule has 208 valence electrons. The maximum Gasteiger partial charge on any atom is 0.430 e. The summed E-state index contributed by atoms with van der Waals surface area (Å²) in [5, 5.41) is 21.9. The molecule has 0 bridgehead atoms. The standard InChI is InChI=1S/C23H22F6N2O6S/c1-3-17(32)20(34)31-11-12-10-15(38(2,36)37)8-9-16(12)18(31)19(33)30-14-6-4-13(5-7-14)21(35,22(24,25)26)23(27,28)29/h4-10,17-18,32,35H,3,11H2,1-2H3,(H,30,33)/t17?,18-/m1/s1. The van der Waals surface area contributed by atoms with Crippen molar-refractivity contribution in [3.8, 4) is 0 Å². The number of nitrogens with one attached hydrogen (secondary N) is 1. The molecule has 38 heavy (non-hydrogen) atoms. The lowest BCUT2D eigenvalue weighted by molar-refractivity contribution is -0.376. The number of nitrogens with zero attached hydrogens (tertiary/aromatic N) is 1. The van der Waals surface area contributed by atoms with Crippen LogP contribution in [0.4, 0.5) is 32.0 Å². The number of carbonyl (C=O) groups excluding carboxylic acids is 2. The Balaban J connectivity index is 1.96. The monoisotopic (exact) mass is 568 g/mol. The smallest absolute Gasteiger partial charge is 0.383 e. The Labute approximate surface area is 212 Å². The van der Waals surface area contributed by atoms with Gasteiger partial charge in [0, 0.05) is 24.1 Å². The van der Waals surface area contributed by atoms with Crippen LogP contribution in [-0.2, 0) is 31.6 Å². The highest BCUT2D eigenvalue weighted by Crippen LogP contribution is 2.50. The normalized spacial score (nSPS) is 17.2. The van der Waals surface area contributed by atoms with Gasteiger partial charge in [0.15, 0.2) is 9.84 Å². The molecule has 0 saturated heterocycles. The van der Waals surface area contributed by atoms with Crippen LogP contribution in [0.25, 0.3) is 0 Å². The van der Waals surface area contributed by atoms with Gasteiger partial charge in [0.2, 0.25) is 0 Å². The molecule has 1 aliphatic heterocycles. The van der Waals surface area contributed by atoms with Crippen LogP contribution in [0, 0.1) is 0 Å². The second-order valence-electron chi connectivity index (χ2n) is 8.70. The molecule has 0 aliphatic carbocycles. The van der Waals surface area contributed by atoms with Crippen LogP contribution in [0.3, 0.4) is 0 Å². The van der Waals surface area contributed by atoms with Crippen molar-refractivity contribution in [1.82, 2.24) is 4.90 Å². The van der Waals surface area contributed by atoms with Crippen LogP contribution in [0.1, 0.15) is 36.1 Å². The number of benzene rings is 2. The molecule has 1 aliphatic rings. The highest BCUT2D eigenvalue weighted by atomic mass is 32.2. The first-order valence-electron chi connectivity index (χ1n) is 10.9. The Hall–Kier alpha value is -3.17. The van der Waals surface area contributed by atoms with E-state index in [0.29, 0.717) is 29.8 Å². The largest absolute Gasteiger partial charge is 0.430 e. The minimum Gasteiger partial charge on any atom is -0.383 e. The number of alkyl halides is 6. The fourth-order valence-electron chi connectivity index (χ4n) is 4.01. The van der Waals surface area contributed by atoms with E-state index in [2.05, 4.69) is 5.32 Å². The van der Waals surface area contributed by atoms with Crippen LogP contribution in [0.2, 0.25) is 0 Å². The summed E-state index contributed by atoms with van der Waals surface area (Å²) in [5.74, 6) is -1.78. The van der Waals surface area contributed by atoms with Crippen molar-refractivity contribution >= 4 is 27.3 Å². The Morgan fingerprint density at radius 2 is 1.61 bits per heavy atom. The molecule has 2 aromatic rings. The SMILES string of the molecule is CCC(O)C(=O)N1Cc2cc(S(C)(=O)=O)ccc2[C@@H]1C(=O)Nc1ccc(C(O)(C(F)(F)F)C(F)(F)F)cc1. The topological polar surface area (TPSA) is 124 Å². The van der Waals surface area contributed by atoms with Crippen molar-refractivity contribution < 1.29 is 54.6 Å². The molecule has 1 heterocycles. The summed E-state index contributed by atoms with van der Waals surface area (Å²) >= 11 is 0. The number of hydrogen-bond donors (Lipinski definition) is 3. The quantitative estimate of drug-likeness (QED) is 0.460. The Kier molecular flexibility index (Phi) is 7.62. The minimum atomic E-state index is -6.09. The third kappa shape index (κ3) is 5.22. The molecule has 3 rings (SSSR count). The van der Waals surface area contributed by atoms with E-state index in [4.69, 9.17) is 0 Å². The number of fused-ring (bicyclic) bond motifs is 1. The second kappa shape index (κ2) is 9.85. The Bertz CT molecular complexity index is 1330. The fourth-order valence-corrected chi connectivity index (χ4v) is 4.68. The van der Waals surface area contributed by atoms with Crippen molar-refractivity contribution in [2.45, 2.75) is 54.9 Å². The summed E-state index contributed by atoms with van der Waals surface area (Å²) in [6, 6.07) is 4.51.